The lowest BCUT2D eigenvalue weighted by Crippen LogP contribution is -2.01. The van der Waals surface area contributed by atoms with Gasteiger partial charge in [0.05, 0.1) is 17.3 Å². The van der Waals surface area contributed by atoms with E-state index in [0.717, 1.165) is 40.8 Å². The first-order valence-electron chi connectivity index (χ1n) is 9.52. The van der Waals surface area contributed by atoms with Gasteiger partial charge in [-0.2, -0.15) is 0 Å². The normalized spacial score (nSPS) is 12.2. The Kier molecular flexibility index (Phi) is 6.62. The number of benzene rings is 2. The number of aromatic nitrogens is 1. The first-order valence-corrected chi connectivity index (χ1v) is 9.52. The van der Waals surface area contributed by atoms with Crippen molar-refractivity contribution in [1.82, 2.24) is 4.98 Å². The van der Waals surface area contributed by atoms with E-state index in [-0.39, 0.29) is 0 Å². The second kappa shape index (κ2) is 9.35. The van der Waals surface area contributed by atoms with Crippen LogP contribution in [0.4, 0.5) is 0 Å². The molecule has 0 spiro atoms. The van der Waals surface area contributed by atoms with E-state index in [2.05, 4.69) is 24.0 Å². The van der Waals surface area contributed by atoms with E-state index < -0.39 is 6.10 Å². The first kappa shape index (κ1) is 18.4. The van der Waals surface area contributed by atoms with Crippen LogP contribution in [0, 0.1) is 0 Å². The molecule has 0 amide bonds. The van der Waals surface area contributed by atoms with Crippen molar-refractivity contribution in [2.45, 2.75) is 51.7 Å². The molecule has 0 saturated carbocycles. The number of fused-ring (bicyclic) bond motifs is 1. The molecular formula is C23H27NO2. The van der Waals surface area contributed by atoms with E-state index in [1.807, 2.05) is 48.5 Å². The molecule has 1 aromatic heterocycles. The fourth-order valence-electron chi connectivity index (χ4n) is 3.09. The predicted molar refractivity (Wildman–Crippen MR) is 106 cm³/mol. The van der Waals surface area contributed by atoms with E-state index in [4.69, 9.17) is 4.74 Å². The van der Waals surface area contributed by atoms with Crippen molar-refractivity contribution in [3.8, 4) is 5.75 Å². The highest BCUT2D eigenvalue weighted by molar-refractivity contribution is 5.78. The quantitative estimate of drug-likeness (QED) is 0.495. The van der Waals surface area contributed by atoms with E-state index >= 15 is 0 Å². The van der Waals surface area contributed by atoms with Crippen LogP contribution in [0.3, 0.4) is 0 Å². The van der Waals surface area contributed by atoms with Crippen molar-refractivity contribution in [1.29, 1.82) is 0 Å². The molecule has 2 aromatic carbocycles. The van der Waals surface area contributed by atoms with Gasteiger partial charge in [0.25, 0.3) is 0 Å². The van der Waals surface area contributed by atoms with Crippen LogP contribution in [0.25, 0.3) is 10.9 Å². The standard InChI is InChI=1S/C23H27NO2/c1-2-3-4-5-13-23(25)19-10-8-11-21(16-19)26-17-20-15-14-18-9-6-7-12-22(18)24-20/h6-12,14-16,23,25H,2-5,13,17H2,1H3. The molecule has 0 aliphatic heterocycles. The van der Waals surface area contributed by atoms with Crippen LogP contribution < -0.4 is 4.74 Å². The molecule has 3 heteroatoms. The molecule has 0 radical (unpaired) electrons. The van der Waals surface area contributed by atoms with Crippen molar-refractivity contribution in [2.75, 3.05) is 0 Å². The molecule has 1 heterocycles. The molecule has 136 valence electrons. The Morgan fingerprint density at radius 2 is 1.85 bits per heavy atom. The summed E-state index contributed by atoms with van der Waals surface area (Å²) in [7, 11) is 0. The van der Waals surface area contributed by atoms with Gasteiger partial charge < -0.3 is 9.84 Å². The maximum absolute atomic E-state index is 10.4. The van der Waals surface area contributed by atoms with Gasteiger partial charge in [0, 0.05) is 5.39 Å². The van der Waals surface area contributed by atoms with E-state index in [9.17, 15) is 5.11 Å². The highest BCUT2D eigenvalue weighted by Gasteiger charge is 2.08. The number of para-hydroxylation sites is 1. The number of rotatable bonds is 9. The van der Waals surface area contributed by atoms with Gasteiger partial charge in [-0.25, -0.2) is 4.98 Å². The number of ether oxygens (including phenoxy) is 1. The average Bonchev–Trinajstić information content (AvgIpc) is 2.69. The minimum Gasteiger partial charge on any atom is -0.487 e. The Morgan fingerprint density at radius 1 is 0.962 bits per heavy atom. The molecule has 3 rings (SSSR count). The van der Waals surface area contributed by atoms with Crippen LogP contribution in [0.5, 0.6) is 5.75 Å². The number of pyridine rings is 1. The van der Waals surface area contributed by atoms with Gasteiger partial charge in [-0.15, -0.1) is 0 Å². The zero-order valence-corrected chi connectivity index (χ0v) is 15.4. The SMILES string of the molecule is CCCCCCC(O)c1cccc(OCc2ccc3ccccc3n2)c1. The fourth-order valence-corrected chi connectivity index (χ4v) is 3.09. The number of hydrogen-bond acceptors (Lipinski definition) is 3. The van der Waals surface area contributed by atoms with Crippen LogP contribution in [0.15, 0.2) is 60.7 Å². The second-order valence-corrected chi connectivity index (χ2v) is 6.72. The highest BCUT2D eigenvalue weighted by Crippen LogP contribution is 2.24. The van der Waals surface area contributed by atoms with Gasteiger partial charge in [0.1, 0.15) is 12.4 Å². The molecule has 1 N–H and O–H groups in total. The van der Waals surface area contributed by atoms with Gasteiger partial charge in [0.2, 0.25) is 0 Å². The minimum atomic E-state index is -0.422. The smallest absolute Gasteiger partial charge is 0.130 e. The van der Waals surface area contributed by atoms with Gasteiger partial charge in [-0.3, -0.25) is 0 Å². The largest absolute Gasteiger partial charge is 0.487 e. The van der Waals surface area contributed by atoms with Crippen molar-refractivity contribution >= 4 is 10.9 Å². The third kappa shape index (κ3) is 5.06. The Bertz CT molecular complexity index is 831. The molecule has 26 heavy (non-hydrogen) atoms. The third-order valence-corrected chi connectivity index (χ3v) is 4.62. The summed E-state index contributed by atoms with van der Waals surface area (Å²) >= 11 is 0. The third-order valence-electron chi connectivity index (χ3n) is 4.62. The molecule has 0 aliphatic rings. The highest BCUT2D eigenvalue weighted by atomic mass is 16.5. The molecule has 0 bridgehead atoms. The van der Waals surface area contributed by atoms with Crippen molar-refractivity contribution < 1.29 is 9.84 Å². The maximum atomic E-state index is 10.4. The summed E-state index contributed by atoms with van der Waals surface area (Å²) in [6.07, 6.45) is 5.06. The van der Waals surface area contributed by atoms with Gasteiger partial charge in [0.15, 0.2) is 0 Å². The van der Waals surface area contributed by atoms with Crippen LogP contribution >= 0.6 is 0 Å². The molecule has 0 saturated heterocycles. The predicted octanol–water partition coefficient (Wildman–Crippen LogP) is 5.82. The van der Waals surface area contributed by atoms with Crippen LogP contribution in [-0.2, 0) is 6.61 Å². The Hall–Kier alpha value is -2.39. The van der Waals surface area contributed by atoms with E-state index in [1.54, 1.807) is 0 Å². The van der Waals surface area contributed by atoms with Crippen LogP contribution in [0.2, 0.25) is 0 Å². The monoisotopic (exact) mass is 349 g/mol. The van der Waals surface area contributed by atoms with Crippen LogP contribution in [0.1, 0.15) is 56.4 Å². The van der Waals surface area contributed by atoms with E-state index in [0.29, 0.717) is 6.61 Å². The minimum absolute atomic E-state index is 0.418. The van der Waals surface area contributed by atoms with Gasteiger partial charge in [-0.1, -0.05) is 69.0 Å². The summed E-state index contributed by atoms with van der Waals surface area (Å²) < 4.78 is 5.90. The Labute approximate surface area is 155 Å². The van der Waals surface area contributed by atoms with Crippen molar-refractivity contribution in [2.24, 2.45) is 0 Å². The Balaban J connectivity index is 1.59. The van der Waals surface area contributed by atoms with Crippen molar-refractivity contribution in [3.63, 3.8) is 0 Å². The second-order valence-electron chi connectivity index (χ2n) is 6.72. The van der Waals surface area contributed by atoms with E-state index in [1.165, 1.54) is 19.3 Å². The molecule has 0 fully saturated rings. The molecular weight excluding hydrogens is 322 g/mol. The summed E-state index contributed by atoms with van der Waals surface area (Å²) in [5.74, 6) is 0.769. The Morgan fingerprint density at radius 3 is 2.73 bits per heavy atom. The fraction of sp³-hybridized carbons (Fsp3) is 0.348. The maximum Gasteiger partial charge on any atom is 0.130 e. The molecule has 3 nitrogen and oxygen atoms in total. The van der Waals surface area contributed by atoms with Crippen molar-refractivity contribution in [3.05, 3.63) is 71.9 Å². The molecule has 1 unspecified atom stereocenters. The number of nitrogens with zero attached hydrogens (tertiary/aromatic N) is 1. The summed E-state index contributed by atoms with van der Waals surface area (Å²) in [6, 6.07) is 19.9. The first-order chi connectivity index (χ1) is 12.8. The van der Waals surface area contributed by atoms with Crippen LogP contribution in [-0.4, -0.2) is 10.1 Å². The zero-order valence-electron chi connectivity index (χ0n) is 15.4. The summed E-state index contributed by atoms with van der Waals surface area (Å²) in [5, 5.41) is 11.5. The lowest BCUT2D eigenvalue weighted by Gasteiger charge is -2.13. The summed E-state index contributed by atoms with van der Waals surface area (Å²) in [6.45, 7) is 2.61. The lowest BCUT2D eigenvalue weighted by molar-refractivity contribution is 0.162. The topological polar surface area (TPSA) is 42.4 Å². The average molecular weight is 349 g/mol. The number of hydrogen-bond donors (Lipinski definition) is 1. The number of aliphatic hydroxyl groups is 1. The number of unbranched alkanes of at least 4 members (excludes halogenated alkanes) is 3. The number of aliphatic hydroxyl groups excluding tert-OH is 1. The lowest BCUT2D eigenvalue weighted by atomic mass is 10.0. The van der Waals surface area contributed by atoms with Gasteiger partial charge >= 0.3 is 0 Å². The molecule has 1 atom stereocenters. The zero-order chi connectivity index (χ0) is 18.2. The molecule has 3 aromatic rings. The summed E-state index contributed by atoms with van der Waals surface area (Å²) in [5.41, 5.74) is 2.80. The summed E-state index contributed by atoms with van der Waals surface area (Å²) in [4.78, 5) is 4.63. The van der Waals surface area contributed by atoms with Gasteiger partial charge in [-0.05, 0) is 36.2 Å². The molecule has 0 aliphatic carbocycles.